The summed E-state index contributed by atoms with van der Waals surface area (Å²) < 4.78 is 5.07. The fourth-order valence-corrected chi connectivity index (χ4v) is 0.829. The minimum absolute atomic E-state index is 0.685. The molecule has 1 N–H and O–H groups in total. The fraction of sp³-hybridized carbons (Fsp3) is 0.333. The van der Waals surface area contributed by atoms with E-state index in [9.17, 15) is 0 Å². The van der Waals surface area contributed by atoms with E-state index in [2.05, 4.69) is 4.98 Å². The van der Waals surface area contributed by atoms with Gasteiger partial charge in [-0.25, -0.2) is 0 Å². The van der Waals surface area contributed by atoms with Gasteiger partial charge in [0.25, 0.3) is 0 Å². The van der Waals surface area contributed by atoms with Crippen LogP contribution in [-0.4, -0.2) is 11.2 Å². The molecular weight excluding hydrogens is 134 g/mol. The zero-order valence-electron chi connectivity index (χ0n) is 5.26. The summed E-state index contributed by atoms with van der Waals surface area (Å²) in [5.74, 6) is 0. The molecule has 1 aromatic rings. The Balaban J connectivity index is 2.30. The van der Waals surface area contributed by atoms with Crippen LogP contribution in [0.3, 0.4) is 0 Å². The Morgan fingerprint density at radius 2 is 2.67 bits per heavy atom. The summed E-state index contributed by atoms with van der Waals surface area (Å²) in [7, 11) is 0. The van der Waals surface area contributed by atoms with Gasteiger partial charge in [-0.05, 0) is 23.7 Å². The zero-order valence-corrected chi connectivity index (χ0v) is 6.07. The minimum Gasteiger partial charge on any atom is -0.367 e. The van der Waals surface area contributed by atoms with Gasteiger partial charge in [0.15, 0.2) is 0 Å². The molecule has 50 valence electrons. The van der Waals surface area contributed by atoms with Crippen LogP contribution < -0.4 is 0 Å². The SMILES string of the molecule is CSOCc1cc[nH]c1. The van der Waals surface area contributed by atoms with E-state index in [1.54, 1.807) is 0 Å². The fourth-order valence-electron chi connectivity index (χ4n) is 0.575. The van der Waals surface area contributed by atoms with E-state index < -0.39 is 0 Å². The summed E-state index contributed by atoms with van der Waals surface area (Å²) in [5.41, 5.74) is 1.18. The van der Waals surface area contributed by atoms with Gasteiger partial charge in [-0.3, -0.25) is 0 Å². The van der Waals surface area contributed by atoms with Crippen molar-refractivity contribution in [2.24, 2.45) is 0 Å². The Morgan fingerprint density at radius 3 is 3.22 bits per heavy atom. The van der Waals surface area contributed by atoms with Gasteiger partial charge in [-0.15, -0.1) is 0 Å². The predicted molar refractivity (Wildman–Crippen MR) is 39.1 cm³/mol. The third kappa shape index (κ3) is 2.11. The topological polar surface area (TPSA) is 25.0 Å². The number of aromatic amines is 1. The van der Waals surface area contributed by atoms with E-state index in [1.807, 2.05) is 24.7 Å². The maximum absolute atomic E-state index is 5.07. The standard InChI is InChI=1S/C6H9NOS/c1-9-8-5-6-2-3-7-4-6/h2-4,7H,5H2,1H3. The van der Waals surface area contributed by atoms with Crippen LogP contribution in [0.2, 0.25) is 0 Å². The van der Waals surface area contributed by atoms with E-state index in [1.165, 1.54) is 17.6 Å². The molecule has 0 saturated carbocycles. The van der Waals surface area contributed by atoms with Crippen molar-refractivity contribution in [3.63, 3.8) is 0 Å². The lowest BCUT2D eigenvalue weighted by molar-refractivity contribution is 0.366. The molecule has 0 fully saturated rings. The molecule has 0 amide bonds. The highest BCUT2D eigenvalue weighted by Gasteiger charge is 1.89. The molecule has 3 heteroatoms. The van der Waals surface area contributed by atoms with Crippen LogP contribution in [0.1, 0.15) is 5.56 Å². The van der Waals surface area contributed by atoms with E-state index >= 15 is 0 Å². The third-order valence-corrected chi connectivity index (χ3v) is 1.36. The molecule has 0 unspecified atom stereocenters. The van der Waals surface area contributed by atoms with Crippen molar-refractivity contribution in [1.82, 2.24) is 4.98 Å². The van der Waals surface area contributed by atoms with E-state index in [-0.39, 0.29) is 0 Å². The molecule has 0 bridgehead atoms. The smallest absolute Gasteiger partial charge is 0.0879 e. The first-order valence-corrected chi connectivity index (χ1v) is 3.86. The third-order valence-electron chi connectivity index (χ3n) is 1.01. The quantitative estimate of drug-likeness (QED) is 0.653. The minimum atomic E-state index is 0.685. The summed E-state index contributed by atoms with van der Waals surface area (Å²) in [5, 5.41) is 0. The summed E-state index contributed by atoms with van der Waals surface area (Å²) in [6.45, 7) is 0.685. The van der Waals surface area contributed by atoms with E-state index in [4.69, 9.17) is 4.18 Å². The summed E-state index contributed by atoms with van der Waals surface area (Å²) in [4.78, 5) is 2.95. The largest absolute Gasteiger partial charge is 0.367 e. The molecule has 0 aromatic carbocycles. The molecule has 0 aliphatic heterocycles. The van der Waals surface area contributed by atoms with Crippen LogP contribution in [0.5, 0.6) is 0 Å². The normalized spacial score (nSPS) is 9.89. The molecular formula is C6H9NOS. The van der Waals surface area contributed by atoms with Crippen LogP contribution in [0.4, 0.5) is 0 Å². The monoisotopic (exact) mass is 143 g/mol. The lowest BCUT2D eigenvalue weighted by Crippen LogP contribution is -1.79. The number of H-pyrrole nitrogens is 1. The molecule has 1 rings (SSSR count). The molecule has 0 saturated heterocycles. The molecule has 0 radical (unpaired) electrons. The molecule has 0 aliphatic rings. The average molecular weight is 143 g/mol. The Kier molecular flexibility index (Phi) is 2.67. The predicted octanol–water partition coefficient (Wildman–Crippen LogP) is 1.81. The number of aromatic nitrogens is 1. The van der Waals surface area contributed by atoms with Crippen molar-refractivity contribution in [3.8, 4) is 0 Å². The molecule has 1 aromatic heterocycles. The van der Waals surface area contributed by atoms with Gasteiger partial charge in [0.05, 0.1) is 6.61 Å². The molecule has 0 atom stereocenters. The highest BCUT2D eigenvalue weighted by atomic mass is 32.2. The zero-order chi connectivity index (χ0) is 6.53. The van der Waals surface area contributed by atoms with Crippen LogP contribution in [0.15, 0.2) is 18.5 Å². The van der Waals surface area contributed by atoms with Crippen molar-refractivity contribution in [3.05, 3.63) is 24.0 Å². The van der Waals surface area contributed by atoms with E-state index in [0.717, 1.165) is 0 Å². The van der Waals surface area contributed by atoms with Gasteiger partial charge in [-0.2, -0.15) is 0 Å². The van der Waals surface area contributed by atoms with Crippen molar-refractivity contribution in [2.75, 3.05) is 6.26 Å². The maximum atomic E-state index is 5.07. The van der Waals surface area contributed by atoms with Crippen LogP contribution in [-0.2, 0) is 10.8 Å². The first-order valence-electron chi connectivity index (χ1n) is 2.71. The van der Waals surface area contributed by atoms with Gasteiger partial charge < -0.3 is 9.17 Å². The van der Waals surface area contributed by atoms with Gasteiger partial charge >= 0.3 is 0 Å². The maximum Gasteiger partial charge on any atom is 0.0879 e. The molecule has 1 heterocycles. The number of hydrogen-bond acceptors (Lipinski definition) is 2. The van der Waals surface area contributed by atoms with Crippen LogP contribution in [0, 0.1) is 0 Å². The Morgan fingerprint density at radius 1 is 1.78 bits per heavy atom. The summed E-state index contributed by atoms with van der Waals surface area (Å²) >= 11 is 1.39. The highest BCUT2D eigenvalue weighted by molar-refractivity contribution is 7.93. The molecule has 0 aliphatic carbocycles. The van der Waals surface area contributed by atoms with Crippen molar-refractivity contribution in [2.45, 2.75) is 6.61 Å². The van der Waals surface area contributed by atoms with Gasteiger partial charge in [0.1, 0.15) is 0 Å². The first-order chi connectivity index (χ1) is 4.43. The van der Waals surface area contributed by atoms with Crippen molar-refractivity contribution in [1.29, 1.82) is 0 Å². The van der Waals surface area contributed by atoms with Gasteiger partial charge in [0, 0.05) is 18.6 Å². The second-order valence-corrected chi connectivity index (χ2v) is 2.22. The average Bonchev–Trinajstić information content (AvgIpc) is 2.34. The van der Waals surface area contributed by atoms with E-state index in [0.29, 0.717) is 6.61 Å². The lowest BCUT2D eigenvalue weighted by atomic mass is 10.4. The van der Waals surface area contributed by atoms with Gasteiger partial charge in [-0.1, -0.05) is 0 Å². The van der Waals surface area contributed by atoms with Crippen molar-refractivity contribution >= 4 is 12.0 Å². The first kappa shape index (κ1) is 6.71. The van der Waals surface area contributed by atoms with Crippen LogP contribution >= 0.6 is 12.0 Å². The Bertz CT molecular complexity index is 150. The molecule has 2 nitrogen and oxygen atoms in total. The van der Waals surface area contributed by atoms with Crippen molar-refractivity contribution < 1.29 is 4.18 Å². The number of hydrogen-bond donors (Lipinski definition) is 1. The van der Waals surface area contributed by atoms with Crippen LogP contribution in [0.25, 0.3) is 0 Å². The van der Waals surface area contributed by atoms with Gasteiger partial charge in [0.2, 0.25) is 0 Å². The second kappa shape index (κ2) is 3.58. The molecule has 0 spiro atoms. The summed E-state index contributed by atoms with van der Waals surface area (Å²) in [6, 6.07) is 2.00. The summed E-state index contributed by atoms with van der Waals surface area (Å²) in [6.07, 6.45) is 5.72. The Labute approximate surface area is 58.8 Å². The Hall–Kier alpha value is -0.410. The lowest BCUT2D eigenvalue weighted by Gasteiger charge is -1.92. The molecule has 9 heavy (non-hydrogen) atoms. The second-order valence-electron chi connectivity index (χ2n) is 1.65. The number of nitrogens with one attached hydrogen (secondary N) is 1. The number of rotatable bonds is 3. The highest BCUT2D eigenvalue weighted by Crippen LogP contribution is 2.03.